The van der Waals surface area contributed by atoms with Crippen molar-refractivity contribution in [2.45, 2.75) is 13.0 Å². The Morgan fingerprint density at radius 2 is 1.88 bits per heavy atom. The Hall–Kier alpha value is -2.76. The van der Waals surface area contributed by atoms with Crippen molar-refractivity contribution in [3.05, 3.63) is 52.8 Å². The van der Waals surface area contributed by atoms with Crippen LogP contribution in [0.2, 0.25) is 0 Å². The number of hydrogen-bond acceptors (Lipinski definition) is 4. The number of amides is 1. The van der Waals surface area contributed by atoms with Crippen LogP contribution in [0.4, 0.5) is 4.39 Å². The second-order valence-corrected chi connectivity index (χ2v) is 5.70. The van der Waals surface area contributed by atoms with Crippen LogP contribution in [0.1, 0.15) is 21.5 Å². The summed E-state index contributed by atoms with van der Waals surface area (Å²) in [4.78, 5) is 12.4. The molecule has 0 bridgehead atoms. The van der Waals surface area contributed by atoms with E-state index >= 15 is 0 Å². The van der Waals surface area contributed by atoms with Crippen LogP contribution in [0.15, 0.2) is 30.3 Å². The molecule has 24 heavy (non-hydrogen) atoms. The predicted molar refractivity (Wildman–Crippen MR) is 84.2 cm³/mol. The summed E-state index contributed by atoms with van der Waals surface area (Å²) < 4.78 is 30.0. The first-order valence-corrected chi connectivity index (χ1v) is 7.82. The number of carbonyl (C=O) groups is 1. The molecule has 0 aliphatic carbocycles. The first-order chi connectivity index (χ1) is 11.7. The topological polar surface area (TPSA) is 56.8 Å². The van der Waals surface area contributed by atoms with Crippen LogP contribution < -0.4 is 19.5 Å². The molecule has 0 atom stereocenters. The van der Waals surface area contributed by atoms with Crippen molar-refractivity contribution in [1.82, 2.24) is 5.32 Å². The number of benzene rings is 2. The highest BCUT2D eigenvalue weighted by atomic mass is 19.1. The lowest BCUT2D eigenvalue weighted by Gasteiger charge is -2.20. The van der Waals surface area contributed by atoms with Gasteiger partial charge in [0.15, 0.2) is 11.5 Å². The van der Waals surface area contributed by atoms with Crippen molar-refractivity contribution in [3.8, 4) is 17.2 Å². The molecule has 6 heteroatoms. The maximum Gasteiger partial charge on any atom is 0.255 e. The molecule has 0 spiro atoms. The molecule has 4 rings (SSSR count). The zero-order chi connectivity index (χ0) is 16.5. The second kappa shape index (κ2) is 6.03. The average molecular weight is 329 g/mol. The summed E-state index contributed by atoms with van der Waals surface area (Å²) >= 11 is 0. The van der Waals surface area contributed by atoms with Crippen LogP contribution in [0.5, 0.6) is 17.2 Å². The van der Waals surface area contributed by atoms with Gasteiger partial charge in [0.1, 0.15) is 24.8 Å². The van der Waals surface area contributed by atoms with Crippen LogP contribution in [0, 0.1) is 5.82 Å². The molecule has 1 N–H and O–H groups in total. The predicted octanol–water partition coefficient (Wildman–Crippen LogP) is 2.46. The fourth-order valence-electron chi connectivity index (χ4n) is 2.92. The number of rotatable bonds is 3. The number of hydrogen-bond donors (Lipinski definition) is 1. The molecule has 2 aliphatic rings. The van der Waals surface area contributed by atoms with E-state index in [9.17, 15) is 9.18 Å². The molecule has 0 radical (unpaired) electrons. The van der Waals surface area contributed by atoms with Gasteiger partial charge in [-0.05, 0) is 23.3 Å². The highest BCUT2D eigenvalue weighted by Crippen LogP contribution is 2.35. The highest BCUT2D eigenvalue weighted by Gasteiger charge is 2.22. The normalized spacial score (nSPS) is 14.7. The number of nitrogens with one attached hydrogen (secondary N) is 1. The van der Waals surface area contributed by atoms with Gasteiger partial charge < -0.3 is 19.5 Å². The van der Waals surface area contributed by atoms with Crippen molar-refractivity contribution >= 4 is 5.91 Å². The minimum atomic E-state index is -0.529. The molecular formula is C18H16FNO4. The lowest BCUT2D eigenvalue weighted by atomic mass is 10.1. The van der Waals surface area contributed by atoms with Gasteiger partial charge >= 0.3 is 0 Å². The Balaban J connectivity index is 1.51. The van der Waals surface area contributed by atoms with E-state index < -0.39 is 11.7 Å². The summed E-state index contributed by atoms with van der Waals surface area (Å²) in [6.07, 6.45) is 0.875. The van der Waals surface area contributed by atoms with Crippen LogP contribution in [-0.2, 0) is 13.0 Å². The van der Waals surface area contributed by atoms with Crippen LogP contribution in [0.25, 0.3) is 0 Å². The molecule has 124 valence electrons. The monoisotopic (exact) mass is 329 g/mol. The molecule has 0 fully saturated rings. The molecule has 1 amide bonds. The molecule has 0 saturated heterocycles. The third kappa shape index (κ3) is 2.75. The van der Waals surface area contributed by atoms with Crippen molar-refractivity contribution in [1.29, 1.82) is 0 Å². The van der Waals surface area contributed by atoms with Gasteiger partial charge in [-0.2, -0.15) is 0 Å². The summed E-state index contributed by atoms with van der Waals surface area (Å²) in [5, 5.41) is 2.80. The highest BCUT2D eigenvalue weighted by molar-refractivity contribution is 5.97. The van der Waals surface area contributed by atoms with E-state index in [1.807, 2.05) is 18.2 Å². The van der Waals surface area contributed by atoms with E-state index in [4.69, 9.17) is 14.2 Å². The molecule has 2 heterocycles. The molecular weight excluding hydrogens is 313 g/mol. The smallest absolute Gasteiger partial charge is 0.255 e. The third-order valence-electron chi connectivity index (χ3n) is 4.06. The average Bonchev–Trinajstić information content (AvgIpc) is 3.06. The molecule has 0 unspecified atom stereocenters. The van der Waals surface area contributed by atoms with E-state index in [2.05, 4.69) is 5.32 Å². The third-order valence-corrected chi connectivity index (χ3v) is 4.06. The van der Waals surface area contributed by atoms with Crippen LogP contribution in [0.3, 0.4) is 0 Å². The number of halogens is 1. The fourth-order valence-corrected chi connectivity index (χ4v) is 2.92. The van der Waals surface area contributed by atoms with Gasteiger partial charge in [-0.25, -0.2) is 4.39 Å². The van der Waals surface area contributed by atoms with Crippen LogP contribution in [-0.4, -0.2) is 25.7 Å². The van der Waals surface area contributed by atoms with Gasteiger partial charge in [0.2, 0.25) is 0 Å². The maximum atomic E-state index is 13.7. The van der Waals surface area contributed by atoms with Crippen molar-refractivity contribution in [3.63, 3.8) is 0 Å². The molecule has 0 saturated carbocycles. The first kappa shape index (κ1) is 14.8. The first-order valence-electron chi connectivity index (χ1n) is 7.82. The largest absolute Gasteiger partial charge is 0.493 e. The molecule has 2 aromatic rings. The van der Waals surface area contributed by atoms with Gasteiger partial charge in [-0.3, -0.25) is 4.79 Å². The van der Waals surface area contributed by atoms with E-state index in [0.717, 1.165) is 23.3 Å². The van der Waals surface area contributed by atoms with Crippen molar-refractivity contribution < 1.29 is 23.4 Å². The standard InChI is InChI=1S/C18H16FNO4/c19-13-8-14(17-16(9-13)23-5-6-24-17)18(21)20-10-11-1-2-15-12(7-11)3-4-22-15/h1-2,7-9H,3-6,10H2,(H,20,21). The summed E-state index contributed by atoms with van der Waals surface area (Å²) in [6, 6.07) is 8.23. The zero-order valence-corrected chi connectivity index (χ0v) is 12.9. The van der Waals surface area contributed by atoms with Gasteiger partial charge in [0, 0.05) is 19.0 Å². The Labute approximate surface area is 138 Å². The summed E-state index contributed by atoms with van der Waals surface area (Å²) in [5.41, 5.74) is 2.26. The fraction of sp³-hybridized carbons (Fsp3) is 0.278. The van der Waals surface area contributed by atoms with Gasteiger partial charge in [0.05, 0.1) is 12.2 Å². The number of fused-ring (bicyclic) bond motifs is 2. The lowest BCUT2D eigenvalue weighted by molar-refractivity contribution is 0.0939. The summed E-state index contributed by atoms with van der Waals surface area (Å²) in [6.45, 7) is 1.72. The van der Waals surface area contributed by atoms with Crippen molar-refractivity contribution in [2.24, 2.45) is 0 Å². The van der Waals surface area contributed by atoms with E-state index in [-0.39, 0.29) is 11.3 Å². The lowest BCUT2D eigenvalue weighted by Crippen LogP contribution is -2.25. The van der Waals surface area contributed by atoms with E-state index in [0.29, 0.717) is 32.1 Å². The number of carbonyl (C=O) groups excluding carboxylic acids is 1. The van der Waals surface area contributed by atoms with Gasteiger partial charge in [0.25, 0.3) is 5.91 Å². The Kier molecular flexibility index (Phi) is 3.72. The summed E-state index contributed by atoms with van der Waals surface area (Å²) in [7, 11) is 0. The molecule has 2 aliphatic heterocycles. The van der Waals surface area contributed by atoms with Gasteiger partial charge in [-0.15, -0.1) is 0 Å². The minimum absolute atomic E-state index is 0.147. The second-order valence-electron chi connectivity index (χ2n) is 5.70. The Morgan fingerprint density at radius 3 is 2.79 bits per heavy atom. The van der Waals surface area contributed by atoms with Crippen molar-refractivity contribution in [2.75, 3.05) is 19.8 Å². The van der Waals surface area contributed by atoms with E-state index in [1.165, 1.54) is 12.1 Å². The maximum absolute atomic E-state index is 13.7. The van der Waals surface area contributed by atoms with Crippen LogP contribution >= 0.6 is 0 Å². The molecule has 5 nitrogen and oxygen atoms in total. The quantitative estimate of drug-likeness (QED) is 0.940. The molecule has 0 aromatic heterocycles. The SMILES string of the molecule is O=C(NCc1ccc2c(c1)CCO2)c1cc(F)cc2c1OCCO2. The summed E-state index contributed by atoms with van der Waals surface area (Å²) in [5.74, 6) is 0.533. The Bertz CT molecular complexity index is 806. The van der Waals surface area contributed by atoms with Gasteiger partial charge in [-0.1, -0.05) is 12.1 Å². The zero-order valence-electron chi connectivity index (χ0n) is 12.9. The molecule has 2 aromatic carbocycles. The Morgan fingerprint density at radius 1 is 1.04 bits per heavy atom. The number of ether oxygens (including phenoxy) is 3. The van der Waals surface area contributed by atoms with E-state index in [1.54, 1.807) is 0 Å². The minimum Gasteiger partial charge on any atom is -0.493 e.